The van der Waals surface area contributed by atoms with Gasteiger partial charge in [0.2, 0.25) is 5.91 Å². The van der Waals surface area contributed by atoms with Gasteiger partial charge in [0.05, 0.1) is 9.61 Å². The first kappa shape index (κ1) is 19.0. The average Bonchev–Trinajstić information content (AvgIpc) is 2.39. The number of hydrogen-bond acceptors (Lipinski definition) is 5. The van der Waals surface area contributed by atoms with Gasteiger partial charge in [-0.05, 0) is 54.1 Å². The summed E-state index contributed by atoms with van der Waals surface area (Å²) in [7, 11) is 0. The summed E-state index contributed by atoms with van der Waals surface area (Å²) in [5.74, 6) is -1.60. The summed E-state index contributed by atoms with van der Waals surface area (Å²) in [6.07, 6.45) is 0.0943. The summed E-state index contributed by atoms with van der Waals surface area (Å²) in [5.41, 5.74) is 6.45. The zero-order valence-corrected chi connectivity index (χ0v) is 15.3. The van der Waals surface area contributed by atoms with Crippen LogP contribution in [0.3, 0.4) is 0 Å². The monoisotopic (exact) mass is 438 g/mol. The van der Waals surface area contributed by atoms with Crippen molar-refractivity contribution in [1.82, 2.24) is 5.32 Å². The van der Waals surface area contributed by atoms with E-state index in [0.29, 0.717) is 9.13 Å². The molecule has 0 aliphatic heterocycles. The fraction of sp³-hybridized carbons (Fsp3) is 0.429. The highest BCUT2D eigenvalue weighted by Gasteiger charge is 2.31. The Balaban J connectivity index is 2.84. The minimum atomic E-state index is -1.15. The van der Waals surface area contributed by atoms with Crippen LogP contribution >= 0.6 is 35.2 Å². The molecular weight excluding hydrogens is 419 g/mol. The smallest absolute Gasteiger partial charge is 0.326 e. The van der Waals surface area contributed by atoms with Crippen molar-refractivity contribution < 1.29 is 19.8 Å². The summed E-state index contributed by atoms with van der Waals surface area (Å²) < 4.78 is -0.153. The normalized spacial score (nSPS) is 14.2. The van der Waals surface area contributed by atoms with Crippen LogP contribution in [0.25, 0.3) is 0 Å². The van der Waals surface area contributed by atoms with Gasteiger partial charge in [-0.2, -0.15) is 12.6 Å². The number of amides is 1. The van der Waals surface area contributed by atoms with Crippen molar-refractivity contribution in [3.63, 3.8) is 0 Å². The number of halogens is 1. The minimum absolute atomic E-state index is 0.0943. The summed E-state index contributed by atoms with van der Waals surface area (Å²) in [4.78, 5) is 23.4. The molecule has 0 radical (unpaired) electrons. The number of nitrogens with one attached hydrogen (secondary N) is 1. The molecule has 1 rings (SSSR count). The molecule has 0 bridgehead atoms. The second-order valence-electron chi connectivity index (χ2n) is 5.52. The van der Waals surface area contributed by atoms with Crippen molar-refractivity contribution in [2.24, 2.45) is 5.73 Å². The molecule has 0 spiro atoms. The molecule has 1 aromatic rings. The number of thiol groups is 1. The first-order valence-corrected chi connectivity index (χ1v) is 8.03. The van der Waals surface area contributed by atoms with Gasteiger partial charge in [-0.3, -0.25) is 4.79 Å². The Morgan fingerprint density at radius 2 is 2.05 bits per heavy atom. The molecule has 122 valence electrons. The minimum Gasteiger partial charge on any atom is -0.507 e. The molecule has 0 aromatic heterocycles. The molecule has 0 fully saturated rings. The quantitative estimate of drug-likeness (QED) is 0.338. The maximum Gasteiger partial charge on any atom is 0.326 e. The molecule has 5 N–H and O–H groups in total. The van der Waals surface area contributed by atoms with Gasteiger partial charge in [-0.1, -0.05) is 6.07 Å². The van der Waals surface area contributed by atoms with Crippen molar-refractivity contribution in [3.8, 4) is 5.75 Å². The Morgan fingerprint density at radius 1 is 1.45 bits per heavy atom. The number of rotatable bonds is 6. The first-order chi connectivity index (χ1) is 10.0. The maximum atomic E-state index is 12.0. The van der Waals surface area contributed by atoms with Gasteiger partial charge in [-0.15, -0.1) is 0 Å². The number of carboxylic acids is 1. The lowest BCUT2D eigenvalue weighted by Gasteiger charge is -2.26. The van der Waals surface area contributed by atoms with Crippen molar-refractivity contribution in [2.75, 3.05) is 0 Å². The number of carboxylic acid groups (broad SMARTS) is 1. The van der Waals surface area contributed by atoms with Crippen molar-refractivity contribution in [1.29, 1.82) is 0 Å². The fourth-order valence-corrected chi connectivity index (χ4v) is 2.39. The Hall–Kier alpha value is -1.00. The van der Waals surface area contributed by atoms with E-state index >= 15 is 0 Å². The number of aliphatic carboxylic acids is 1. The maximum absolute atomic E-state index is 12.0. The molecule has 0 aliphatic carbocycles. The molecule has 6 nitrogen and oxygen atoms in total. The number of benzene rings is 1. The Kier molecular flexibility index (Phi) is 6.50. The highest BCUT2D eigenvalue weighted by atomic mass is 127. The zero-order chi connectivity index (χ0) is 17.1. The van der Waals surface area contributed by atoms with Crippen LogP contribution in [-0.4, -0.2) is 38.9 Å². The molecule has 0 heterocycles. The molecule has 0 unspecified atom stereocenters. The summed E-state index contributed by atoms with van der Waals surface area (Å²) >= 11 is 6.17. The fourth-order valence-electron chi connectivity index (χ4n) is 1.70. The standard InChI is InChI=1S/C14H19IN2O4S/c1-14(2,22)11(16)12(19)17-9(13(20)21)6-7-3-4-10(18)8(15)5-7/h3-5,9,11,18,22H,6,16H2,1-2H3,(H,17,19)(H,20,21)/t9-,11+/m0/s1. The number of hydrogen-bond donors (Lipinski definition) is 5. The predicted molar refractivity (Wildman–Crippen MR) is 95.1 cm³/mol. The number of phenols is 1. The summed E-state index contributed by atoms with van der Waals surface area (Å²) in [5, 5.41) is 21.2. The van der Waals surface area contributed by atoms with E-state index in [2.05, 4.69) is 17.9 Å². The molecule has 1 amide bonds. The van der Waals surface area contributed by atoms with Crippen LogP contribution in [0.1, 0.15) is 19.4 Å². The topological polar surface area (TPSA) is 113 Å². The summed E-state index contributed by atoms with van der Waals surface area (Å²) in [6.45, 7) is 3.36. The van der Waals surface area contributed by atoms with Crippen LogP contribution in [0.2, 0.25) is 0 Å². The van der Waals surface area contributed by atoms with Gasteiger partial charge in [0.25, 0.3) is 0 Å². The average molecular weight is 438 g/mol. The highest BCUT2D eigenvalue weighted by Crippen LogP contribution is 2.21. The SMILES string of the molecule is CC(C)(S)[C@H](N)C(=O)N[C@@H](Cc1ccc(O)c(I)c1)C(=O)O. The molecular formula is C14H19IN2O4S. The number of carbonyl (C=O) groups is 2. The molecule has 8 heteroatoms. The van der Waals surface area contributed by atoms with Crippen molar-refractivity contribution in [2.45, 2.75) is 37.1 Å². The van der Waals surface area contributed by atoms with E-state index in [1.165, 1.54) is 6.07 Å². The first-order valence-electron chi connectivity index (χ1n) is 6.51. The Morgan fingerprint density at radius 3 is 2.50 bits per heavy atom. The van der Waals surface area contributed by atoms with Crippen LogP contribution in [0.15, 0.2) is 18.2 Å². The highest BCUT2D eigenvalue weighted by molar-refractivity contribution is 14.1. The second kappa shape index (κ2) is 7.51. The number of aromatic hydroxyl groups is 1. The van der Waals surface area contributed by atoms with Gasteiger partial charge >= 0.3 is 5.97 Å². The Bertz CT molecular complexity index is 574. The number of phenolic OH excluding ortho intramolecular Hbond substituents is 1. The third kappa shape index (κ3) is 5.33. The lowest BCUT2D eigenvalue weighted by Crippen LogP contribution is -2.55. The van der Waals surface area contributed by atoms with Gasteiger partial charge in [0, 0.05) is 11.2 Å². The lowest BCUT2D eigenvalue weighted by atomic mass is 10.0. The third-order valence-electron chi connectivity index (χ3n) is 3.11. The van der Waals surface area contributed by atoms with E-state index in [-0.39, 0.29) is 12.2 Å². The third-order valence-corrected chi connectivity index (χ3v) is 4.25. The van der Waals surface area contributed by atoms with E-state index in [1.54, 1.807) is 26.0 Å². The van der Waals surface area contributed by atoms with Gasteiger partial charge in [0.15, 0.2) is 0 Å². The zero-order valence-electron chi connectivity index (χ0n) is 12.2. The van der Waals surface area contributed by atoms with Gasteiger partial charge in [-0.25, -0.2) is 4.79 Å². The molecule has 0 saturated carbocycles. The molecule has 0 aliphatic rings. The summed E-state index contributed by atoms with van der Waals surface area (Å²) in [6, 6.07) is 2.73. The second-order valence-corrected chi connectivity index (χ2v) is 7.84. The largest absolute Gasteiger partial charge is 0.507 e. The van der Waals surface area contributed by atoms with Gasteiger partial charge < -0.3 is 21.3 Å². The number of nitrogens with two attached hydrogens (primary N) is 1. The molecule has 0 saturated heterocycles. The van der Waals surface area contributed by atoms with E-state index in [4.69, 9.17) is 5.73 Å². The van der Waals surface area contributed by atoms with Crippen molar-refractivity contribution in [3.05, 3.63) is 27.3 Å². The van der Waals surface area contributed by atoms with Crippen LogP contribution in [0, 0.1) is 3.57 Å². The predicted octanol–water partition coefficient (Wildman–Crippen LogP) is 1.14. The van der Waals surface area contributed by atoms with E-state index in [1.807, 2.05) is 22.6 Å². The lowest BCUT2D eigenvalue weighted by molar-refractivity contribution is -0.142. The van der Waals surface area contributed by atoms with Crippen LogP contribution in [0.5, 0.6) is 5.75 Å². The van der Waals surface area contributed by atoms with Crippen LogP contribution < -0.4 is 11.1 Å². The number of carbonyl (C=O) groups excluding carboxylic acids is 1. The molecule has 22 heavy (non-hydrogen) atoms. The Labute approximate surface area is 148 Å². The van der Waals surface area contributed by atoms with Crippen molar-refractivity contribution >= 4 is 47.1 Å². The molecule has 1 aromatic carbocycles. The molecule has 2 atom stereocenters. The van der Waals surface area contributed by atoms with E-state index in [9.17, 15) is 19.8 Å². The van der Waals surface area contributed by atoms with Crippen LogP contribution in [-0.2, 0) is 16.0 Å². The van der Waals surface area contributed by atoms with E-state index in [0.717, 1.165) is 0 Å². The van der Waals surface area contributed by atoms with E-state index < -0.39 is 28.7 Å². The van der Waals surface area contributed by atoms with Gasteiger partial charge in [0.1, 0.15) is 11.8 Å². The van der Waals surface area contributed by atoms with Crippen LogP contribution in [0.4, 0.5) is 0 Å².